The molecule has 126 valence electrons. The number of fused-ring (bicyclic) bond motifs is 9. The van der Waals surface area contributed by atoms with Crippen LogP contribution in [0.2, 0.25) is 0 Å². The number of aryl methyl sites for hydroxylation is 1. The van der Waals surface area contributed by atoms with E-state index in [2.05, 4.69) is 42.4 Å². The molecule has 5 heteroatoms. The van der Waals surface area contributed by atoms with E-state index >= 15 is 0 Å². The molecule has 3 nitrogen and oxygen atoms in total. The molecule has 5 rings (SSSR count). The Morgan fingerprint density at radius 3 is 2.31 bits per heavy atom. The second-order valence-electron chi connectivity index (χ2n) is 6.04. The summed E-state index contributed by atoms with van der Waals surface area (Å²) in [6.07, 6.45) is 0. The largest absolute Gasteiger partial charge is 0.449 e. The van der Waals surface area contributed by atoms with Crippen molar-refractivity contribution in [2.75, 3.05) is 0 Å². The molecule has 0 N–H and O–H groups in total. The lowest BCUT2D eigenvalue weighted by molar-refractivity contribution is 0.742. The van der Waals surface area contributed by atoms with Gasteiger partial charge in [0.15, 0.2) is 5.58 Å². The summed E-state index contributed by atoms with van der Waals surface area (Å²) in [5, 5.41) is 4.38. The summed E-state index contributed by atoms with van der Waals surface area (Å²) in [6, 6.07) is 22.6. The first-order valence-electron chi connectivity index (χ1n) is 8.33. The lowest BCUT2D eigenvalue weighted by Crippen LogP contribution is -1.82. The first-order chi connectivity index (χ1) is 12.8. The highest BCUT2D eigenvalue weighted by Gasteiger charge is 2.04. The Labute approximate surface area is 155 Å². The van der Waals surface area contributed by atoms with Crippen LogP contribution in [-0.2, 0) is 6.66 Å². The van der Waals surface area contributed by atoms with Gasteiger partial charge in [-0.15, -0.1) is 11.3 Å². The van der Waals surface area contributed by atoms with Crippen molar-refractivity contribution >= 4 is 62.0 Å². The van der Waals surface area contributed by atoms with Crippen LogP contribution in [-0.4, -0.2) is 9.97 Å². The van der Waals surface area contributed by atoms with Gasteiger partial charge in [-0.2, -0.15) is 0 Å². The fourth-order valence-electron chi connectivity index (χ4n) is 3.15. The van der Waals surface area contributed by atoms with E-state index < -0.39 is 7.77 Å². The SMILES string of the molecule is Cp1oc2ccsc2c2cccc(n2)c2cccc(n2)c2ccccc21. The van der Waals surface area contributed by atoms with E-state index in [0.717, 1.165) is 37.7 Å². The van der Waals surface area contributed by atoms with Crippen molar-refractivity contribution in [2.45, 2.75) is 0 Å². The summed E-state index contributed by atoms with van der Waals surface area (Å²) >= 11 is 1.66. The fourth-order valence-corrected chi connectivity index (χ4v) is 5.37. The normalized spacial score (nSPS) is 12.0. The Hall–Kier alpha value is -2.68. The van der Waals surface area contributed by atoms with Crippen molar-refractivity contribution in [3.8, 4) is 0 Å². The van der Waals surface area contributed by atoms with Gasteiger partial charge in [-0.3, -0.25) is 0 Å². The van der Waals surface area contributed by atoms with Crippen LogP contribution in [0.3, 0.4) is 0 Å². The molecular formula is C21H15N2OPS. The summed E-state index contributed by atoms with van der Waals surface area (Å²) in [5.41, 5.74) is 4.55. The maximum Gasteiger partial charge on any atom is 0.150 e. The molecule has 0 radical (unpaired) electrons. The van der Waals surface area contributed by atoms with Gasteiger partial charge >= 0.3 is 0 Å². The third-order valence-electron chi connectivity index (χ3n) is 4.38. The van der Waals surface area contributed by atoms with E-state index in [0.29, 0.717) is 0 Å². The maximum absolute atomic E-state index is 6.41. The topological polar surface area (TPSA) is 38.9 Å². The predicted octanol–water partition coefficient (Wildman–Crippen LogP) is 6.95. The first-order valence-corrected chi connectivity index (χ1v) is 10.9. The van der Waals surface area contributed by atoms with Crippen molar-refractivity contribution in [1.29, 1.82) is 0 Å². The Kier molecular flexibility index (Phi) is 3.74. The zero-order valence-corrected chi connectivity index (χ0v) is 15.8. The van der Waals surface area contributed by atoms with Crippen LogP contribution in [0.15, 0.2) is 76.3 Å². The molecule has 0 saturated carbocycles. The van der Waals surface area contributed by atoms with Crippen molar-refractivity contribution < 1.29 is 4.20 Å². The highest BCUT2D eigenvalue weighted by Crippen LogP contribution is 2.36. The maximum atomic E-state index is 6.41. The lowest BCUT2D eigenvalue weighted by atomic mass is 10.2. The number of hydrogen-bond donors (Lipinski definition) is 0. The standard InChI is InChI=1S/C21H15N2OPS/c1-25-20-11-3-2-6-14(20)15-7-4-8-16(22-15)17-9-5-10-18(23-17)21-19(24-25)12-13-26-21/h2-13H,1H3. The third-order valence-corrected chi connectivity index (χ3v) is 6.83. The molecule has 0 aliphatic rings. The molecule has 1 unspecified atom stereocenters. The summed E-state index contributed by atoms with van der Waals surface area (Å²) in [7, 11) is -0.822. The van der Waals surface area contributed by atoms with Crippen molar-refractivity contribution in [1.82, 2.24) is 9.97 Å². The summed E-state index contributed by atoms with van der Waals surface area (Å²) in [4.78, 5) is 9.74. The van der Waals surface area contributed by atoms with E-state index in [9.17, 15) is 0 Å². The fraction of sp³-hybridized carbons (Fsp3) is 0.0476. The zero-order valence-electron chi connectivity index (χ0n) is 14.1. The minimum Gasteiger partial charge on any atom is -0.449 e. The average Bonchev–Trinajstić information content (AvgIpc) is 3.16. The van der Waals surface area contributed by atoms with Crippen molar-refractivity contribution in [3.63, 3.8) is 0 Å². The average molecular weight is 374 g/mol. The molecule has 4 aromatic heterocycles. The van der Waals surface area contributed by atoms with Gasteiger partial charge in [0, 0.05) is 24.9 Å². The van der Waals surface area contributed by atoms with E-state index in [-0.39, 0.29) is 0 Å². The highest BCUT2D eigenvalue weighted by molar-refractivity contribution is 7.47. The van der Waals surface area contributed by atoms with Crippen molar-refractivity contribution in [3.05, 3.63) is 72.1 Å². The van der Waals surface area contributed by atoms with Crippen LogP contribution in [0.5, 0.6) is 0 Å². The van der Waals surface area contributed by atoms with Gasteiger partial charge in [0.1, 0.15) is 0 Å². The van der Waals surface area contributed by atoms with Crippen LogP contribution in [0.25, 0.3) is 42.9 Å². The lowest BCUT2D eigenvalue weighted by Gasteiger charge is -2.02. The van der Waals surface area contributed by atoms with Crippen molar-refractivity contribution in [2.24, 2.45) is 6.66 Å². The van der Waals surface area contributed by atoms with Crippen LogP contribution in [0.4, 0.5) is 0 Å². The molecule has 0 aliphatic carbocycles. The van der Waals surface area contributed by atoms with Gasteiger partial charge < -0.3 is 4.20 Å². The summed E-state index contributed by atoms with van der Waals surface area (Å²) in [6.45, 7) is 2.15. The molecule has 0 amide bonds. The quantitative estimate of drug-likeness (QED) is 0.294. The molecular weight excluding hydrogens is 359 g/mol. The van der Waals surface area contributed by atoms with E-state index in [4.69, 9.17) is 14.2 Å². The molecule has 4 bridgehead atoms. The van der Waals surface area contributed by atoms with Crippen LogP contribution in [0, 0.1) is 0 Å². The molecule has 0 spiro atoms. The molecule has 0 saturated heterocycles. The van der Waals surface area contributed by atoms with Gasteiger partial charge in [-0.25, -0.2) is 9.97 Å². The number of benzene rings is 1. The van der Waals surface area contributed by atoms with Gasteiger partial charge in [0.2, 0.25) is 0 Å². The molecule has 0 fully saturated rings. The molecule has 1 aromatic carbocycles. The second-order valence-corrected chi connectivity index (χ2v) is 8.61. The molecule has 5 aromatic rings. The molecule has 26 heavy (non-hydrogen) atoms. The molecule has 0 aliphatic heterocycles. The number of aromatic nitrogens is 2. The van der Waals surface area contributed by atoms with Gasteiger partial charge in [0.25, 0.3) is 0 Å². The van der Waals surface area contributed by atoms with E-state index in [1.54, 1.807) is 11.3 Å². The minimum absolute atomic E-state index is 0.822. The zero-order chi connectivity index (χ0) is 17.5. The van der Waals surface area contributed by atoms with E-state index in [1.165, 1.54) is 5.12 Å². The Bertz CT molecular complexity index is 1360. The van der Waals surface area contributed by atoms with Crippen LogP contribution >= 0.6 is 19.1 Å². The number of pyridine rings is 2. The minimum atomic E-state index is -0.822. The Morgan fingerprint density at radius 1 is 0.769 bits per heavy atom. The number of hydrogen-bond acceptors (Lipinski definition) is 4. The summed E-state index contributed by atoms with van der Waals surface area (Å²) < 4.78 is 7.48. The molecule has 4 heterocycles. The second kappa shape index (κ2) is 6.24. The molecule has 1 atom stereocenters. The predicted molar refractivity (Wildman–Crippen MR) is 112 cm³/mol. The Balaban J connectivity index is 2.15. The number of rotatable bonds is 0. The third kappa shape index (κ3) is 2.59. The first kappa shape index (κ1) is 15.6. The summed E-state index contributed by atoms with van der Waals surface area (Å²) in [5.74, 6) is 0. The highest BCUT2D eigenvalue weighted by atomic mass is 32.1. The monoisotopic (exact) mass is 374 g/mol. The Morgan fingerprint density at radius 2 is 1.46 bits per heavy atom. The van der Waals surface area contributed by atoms with Gasteiger partial charge in [0.05, 0.1) is 26.8 Å². The number of nitrogens with zero attached hydrogens (tertiary/aromatic N) is 2. The van der Waals surface area contributed by atoms with Crippen LogP contribution in [0.1, 0.15) is 0 Å². The smallest absolute Gasteiger partial charge is 0.150 e. The van der Waals surface area contributed by atoms with Gasteiger partial charge in [-0.05, 0) is 41.8 Å². The number of thiophene rings is 1. The van der Waals surface area contributed by atoms with Crippen LogP contribution < -0.4 is 0 Å². The van der Waals surface area contributed by atoms with Gasteiger partial charge in [-0.1, -0.05) is 30.3 Å². The van der Waals surface area contributed by atoms with E-state index in [1.807, 2.05) is 36.4 Å².